The van der Waals surface area contributed by atoms with Crippen molar-refractivity contribution < 1.29 is 9.53 Å². The van der Waals surface area contributed by atoms with Gasteiger partial charge in [-0.3, -0.25) is 4.79 Å². The molecular weight excluding hydrogens is 312 g/mol. The van der Waals surface area contributed by atoms with Crippen molar-refractivity contribution in [1.82, 2.24) is 10.2 Å². The Morgan fingerprint density at radius 3 is 2.68 bits per heavy atom. The number of carbonyl (C=O) groups is 1. The second-order valence-corrected chi connectivity index (χ2v) is 6.46. The molecule has 1 aromatic carbocycles. The Bertz CT molecular complexity index is 704. The molecule has 1 amide bonds. The fraction of sp³-hybridized carbons (Fsp3) is 0.381. The number of nitrogens with one attached hydrogen (secondary N) is 1. The van der Waals surface area contributed by atoms with Gasteiger partial charge < -0.3 is 15.0 Å². The predicted octanol–water partition coefficient (Wildman–Crippen LogP) is 2.33. The number of hydrogen-bond donors (Lipinski definition) is 1. The van der Waals surface area contributed by atoms with Gasteiger partial charge in [0.15, 0.2) is 5.76 Å². The smallest absolute Gasteiger partial charge is 0.244 e. The predicted molar refractivity (Wildman–Crippen MR) is 98.6 cm³/mol. The second kappa shape index (κ2) is 8.55. The molecule has 4 heteroatoms. The fourth-order valence-corrected chi connectivity index (χ4v) is 3.40. The SMILES string of the molecule is CO/C(C#Cc1ccccc1)=C\C=C\C(=O)NC1CN2CCC1CC2. The lowest BCUT2D eigenvalue weighted by Crippen LogP contribution is -2.57. The van der Waals surface area contributed by atoms with Crippen LogP contribution in [0.5, 0.6) is 0 Å². The molecule has 1 unspecified atom stereocenters. The van der Waals surface area contributed by atoms with Crippen molar-refractivity contribution in [2.75, 3.05) is 26.7 Å². The molecule has 3 aliphatic rings. The van der Waals surface area contributed by atoms with Crippen molar-refractivity contribution in [2.24, 2.45) is 5.92 Å². The van der Waals surface area contributed by atoms with E-state index in [1.807, 2.05) is 30.3 Å². The van der Waals surface area contributed by atoms with Gasteiger partial charge >= 0.3 is 0 Å². The van der Waals surface area contributed by atoms with Crippen LogP contribution in [0.2, 0.25) is 0 Å². The van der Waals surface area contributed by atoms with Crippen LogP contribution in [0.25, 0.3) is 0 Å². The van der Waals surface area contributed by atoms with Crippen LogP contribution in [-0.2, 0) is 9.53 Å². The van der Waals surface area contributed by atoms with Gasteiger partial charge in [0.25, 0.3) is 0 Å². The summed E-state index contributed by atoms with van der Waals surface area (Å²) in [7, 11) is 1.58. The van der Waals surface area contributed by atoms with Crippen LogP contribution in [0, 0.1) is 17.8 Å². The van der Waals surface area contributed by atoms with E-state index in [9.17, 15) is 4.79 Å². The average Bonchev–Trinajstić information content (AvgIpc) is 2.66. The molecule has 3 aliphatic heterocycles. The van der Waals surface area contributed by atoms with Crippen LogP contribution >= 0.6 is 0 Å². The molecule has 25 heavy (non-hydrogen) atoms. The third-order valence-electron chi connectivity index (χ3n) is 4.80. The number of allylic oxidation sites excluding steroid dienone is 3. The average molecular weight is 336 g/mol. The van der Waals surface area contributed by atoms with Gasteiger partial charge in [-0.25, -0.2) is 0 Å². The Morgan fingerprint density at radius 1 is 1.28 bits per heavy atom. The third-order valence-corrected chi connectivity index (χ3v) is 4.80. The number of amides is 1. The number of carbonyl (C=O) groups excluding carboxylic acids is 1. The number of fused-ring (bicyclic) bond motifs is 3. The van der Waals surface area contributed by atoms with Crippen molar-refractivity contribution in [3.05, 3.63) is 59.9 Å². The molecule has 1 atom stereocenters. The van der Waals surface area contributed by atoms with Gasteiger partial charge in [-0.2, -0.15) is 0 Å². The minimum Gasteiger partial charge on any atom is -0.489 e. The van der Waals surface area contributed by atoms with E-state index in [0.29, 0.717) is 11.7 Å². The lowest BCUT2D eigenvalue weighted by Gasteiger charge is -2.44. The van der Waals surface area contributed by atoms with E-state index in [1.54, 1.807) is 25.3 Å². The number of nitrogens with zero attached hydrogens (tertiary/aromatic N) is 1. The Hall–Kier alpha value is -2.51. The van der Waals surface area contributed by atoms with Gasteiger partial charge in [-0.1, -0.05) is 30.2 Å². The zero-order valence-corrected chi connectivity index (χ0v) is 14.6. The lowest BCUT2D eigenvalue weighted by molar-refractivity contribution is -0.118. The van der Waals surface area contributed by atoms with E-state index in [1.165, 1.54) is 25.9 Å². The Kier molecular flexibility index (Phi) is 5.92. The minimum absolute atomic E-state index is 0.0542. The molecule has 1 aromatic rings. The first-order valence-electron chi connectivity index (χ1n) is 8.77. The van der Waals surface area contributed by atoms with Gasteiger partial charge in [-0.05, 0) is 56.0 Å². The van der Waals surface area contributed by atoms with Crippen molar-refractivity contribution in [1.29, 1.82) is 0 Å². The Balaban J connectivity index is 1.54. The monoisotopic (exact) mass is 336 g/mol. The van der Waals surface area contributed by atoms with Crippen LogP contribution in [-0.4, -0.2) is 43.6 Å². The summed E-state index contributed by atoms with van der Waals surface area (Å²) in [6.45, 7) is 3.33. The molecule has 0 saturated carbocycles. The number of ether oxygens (including phenoxy) is 1. The zero-order chi connectivity index (χ0) is 17.5. The Morgan fingerprint density at radius 2 is 2.04 bits per heavy atom. The van der Waals surface area contributed by atoms with Gasteiger partial charge in [0.2, 0.25) is 5.91 Å². The Labute approximate surface area is 149 Å². The van der Waals surface area contributed by atoms with Crippen LogP contribution in [0.1, 0.15) is 18.4 Å². The molecule has 3 heterocycles. The van der Waals surface area contributed by atoms with E-state index in [-0.39, 0.29) is 11.9 Å². The van der Waals surface area contributed by atoms with Gasteiger partial charge in [0, 0.05) is 24.2 Å². The van der Waals surface area contributed by atoms with Crippen molar-refractivity contribution in [2.45, 2.75) is 18.9 Å². The quantitative estimate of drug-likeness (QED) is 0.397. The maximum atomic E-state index is 12.1. The number of piperidine rings is 3. The standard InChI is InChI=1S/C21H24N2O2/c1-25-19(11-10-17-6-3-2-4-7-17)8-5-9-21(24)22-20-16-23-14-12-18(20)13-15-23/h2-9,18,20H,12-16H2,1H3,(H,22,24)/b9-5+,19-8-. The molecule has 2 bridgehead atoms. The molecule has 3 saturated heterocycles. The summed E-state index contributed by atoms with van der Waals surface area (Å²) < 4.78 is 5.24. The molecular formula is C21H24N2O2. The normalized spacial score (nSPS) is 25.3. The number of hydrogen-bond acceptors (Lipinski definition) is 3. The van der Waals surface area contributed by atoms with Crippen LogP contribution in [0.3, 0.4) is 0 Å². The first-order valence-corrected chi connectivity index (χ1v) is 8.77. The van der Waals surface area contributed by atoms with Crippen molar-refractivity contribution in [3.8, 4) is 11.8 Å². The van der Waals surface area contributed by atoms with E-state index in [2.05, 4.69) is 22.1 Å². The maximum Gasteiger partial charge on any atom is 0.244 e. The topological polar surface area (TPSA) is 41.6 Å². The van der Waals surface area contributed by atoms with E-state index in [4.69, 9.17) is 4.74 Å². The van der Waals surface area contributed by atoms with E-state index in [0.717, 1.165) is 12.1 Å². The van der Waals surface area contributed by atoms with Crippen LogP contribution in [0.4, 0.5) is 0 Å². The molecule has 130 valence electrons. The summed E-state index contributed by atoms with van der Waals surface area (Å²) in [5, 5.41) is 3.13. The van der Waals surface area contributed by atoms with Crippen LogP contribution in [0.15, 0.2) is 54.3 Å². The maximum absolute atomic E-state index is 12.1. The second-order valence-electron chi connectivity index (χ2n) is 6.46. The minimum atomic E-state index is -0.0542. The highest BCUT2D eigenvalue weighted by Crippen LogP contribution is 2.27. The largest absolute Gasteiger partial charge is 0.489 e. The summed E-state index contributed by atoms with van der Waals surface area (Å²) in [6.07, 6.45) is 7.33. The lowest BCUT2D eigenvalue weighted by atomic mass is 9.84. The summed E-state index contributed by atoms with van der Waals surface area (Å²) in [5.41, 5.74) is 0.925. The summed E-state index contributed by atoms with van der Waals surface area (Å²) in [6, 6.07) is 10.0. The first-order chi connectivity index (χ1) is 12.2. The zero-order valence-electron chi connectivity index (χ0n) is 14.6. The molecule has 0 spiro atoms. The van der Waals surface area contributed by atoms with E-state index < -0.39 is 0 Å². The molecule has 3 fully saturated rings. The third kappa shape index (κ3) is 4.98. The van der Waals surface area contributed by atoms with Gasteiger partial charge in [-0.15, -0.1) is 0 Å². The summed E-state index contributed by atoms with van der Waals surface area (Å²) in [4.78, 5) is 14.5. The highest BCUT2D eigenvalue weighted by Gasteiger charge is 2.34. The molecule has 4 nitrogen and oxygen atoms in total. The first kappa shape index (κ1) is 17.3. The molecule has 0 radical (unpaired) electrons. The summed E-state index contributed by atoms with van der Waals surface area (Å²) >= 11 is 0. The van der Waals surface area contributed by atoms with Gasteiger partial charge in [0.05, 0.1) is 7.11 Å². The molecule has 0 aliphatic carbocycles. The number of methoxy groups -OCH3 is 1. The van der Waals surface area contributed by atoms with Crippen molar-refractivity contribution >= 4 is 5.91 Å². The highest BCUT2D eigenvalue weighted by atomic mass is 16.5. The summed E-state index contributed by atoms with van der Waals surface area (Å²) in [5.74, 6) is 7.10. The number of benzene rings is 1. The van der Waals surface area contributed by atoms with Gasteiger partial charge in [0.1, 0.15) is 0 Å². The molecule has 1 N–H and O–H groups in total. The van der Waals surface area contributed by atoms with Crippen molar-refractivity contribution in [3.63, 3.8) is 0 Å². The number of rotatable bonds is 4. The molecule has 0 aromatic heterocycles. The van der Waals surface area contributed by atoms with Crippen LogP contribution < -0.4 is 5.32 Å². The van der Waals surface area contributed by atoms with E-state index >= 15 is 0 Å². The molecule has 4 rings (SSSR count). The highest BCUT2D eigenvalue weighted by molar-refractivity contribution is 5.88. The fourth-order valence-electron chi connectivity index (χ4n) is 3.40.